The average Bonchev–Trinajstić information content (AvgIpc) is 2.04. The van der Waals surface area contributed by atoms with Crippen LogP contribution in [0.15, 0.2) is 0 Å². The molecule has 0 N–H and O–H groups in total. The number of alkyl halides is 1. The van der Waals surface area contributed by atoms with Crippen LogP contribution in [0.25, 0.3) is 0 Å². The molecule has 15 heavy (non-hydrogen) atoms. The van der Waals surface area contributed by atoms with E-state index in [1.54, 1.807) is 0 Å². The molecule has 0 radical (unpaired) electrons. The molecule has 1 unspecified atom stereocenters. The molecule has 0 aromatic rings. The Morgan fingerprint density at radius 3 is 1.53 bits per heavy atom. The number of halogens is 7. The van der Waals surface area contributed by atoms with Crippen molar-refractivity contribution in [3.05, 3.63) is 0 Å². The van der Waals surface area contributed by atoms with Crippen molar-refractivity contribution in [1.82, 2.24) is 0 Å². The number of hydrogen-bond donors (Lipinski definition) is 0. The van der Waals surface area contributed by atoms with Crippen molar-refractivity contribution in [2.75, 3.05) is 6.61 Å². The van der Waals surface area contributed by atoms with Gasteiger partial charge in [-0.25, -0.2) is 4.79 Å². The molecule has 1 fully saturated rings. The van der Waals surface area contributed by atoms with Crippen LogP contribution in [0.5, 0.6) is 0 Å². The van der Waals surface area contributed by atoms with Crippen molar-refractivity contribution in [2.24, 2.45) is 0 Å². The van der Waals surface area contributed by atoms with Gasteiger partial charge in [0.2, 0.25) is 0 Å². The van der Waals surface area contributed by atoms with Gasteiger partial charge >= 0.3 is 68.7 Å². The molecule has 12 heteroatoms. The molecule has 1 saturated heterocycles. The zero-order valence-electron chi connectivity index (χ0n) is 7.10. The SMILES string of the molecule is F[P-](F)(F)(F)(F)F.O=C1OCC(F)O1.[Na+]. The summed E-state index contributed by atoms with van der Waals surface area (Å²) in [7, 11) is -10.7. The fourth-order valence-corrected chi connectivity index (χ4v) is 0.306. The minimum Gasteiger partial charge on any atom is -0.427 e. The fraction of sp³-hybridized carbons (Fsp3) is 0.667. The normalized spacial score (nSPS) is 24.5. The number of hydrogen-bond acceptors (Lipinski definition) is 3. The molecule has 88 valence electrons. The first-order valence-electron chi connectivity index (χ1n) is 2.78. The Hall–Kier alpha value is 0.210. The van der Waals surface area contributed by atoms with Crippen molar-refractivity contribution in [3.8, 4) is 0 Å². The first kappa shape index (κ1) is 17.6. The van der Waals surface area contributed by atoms with Gasteiger partial charge in [-0.2, -0.15) is 4.39 Å². The summed E-state index contributed by atoms with van der Waals surface area (Å²) in [5, 5.41) is 0. The smallest absolute Gasteiger partial charge is 0.427 e. The molecular weight excluding hydrogens is 271 g/mol. The van der Waals surface area contributed by atoms with Gasteiger partial charge in [0, 0.05) is 0 Å². The van der Waals surface area contributed by atoms with E-state index in [9.17, 15) is 34.4 Å². The van der Waals surface area contributed by atoms with Crippen molar-refractivity contribution in [2.45, 2.75) is 6.36 Å². The van der Waals surface area contributed by atoms with Crippen LogP contribution in [0.1, 0.15) is 0 Å². The third-order valence-electron chi connectivity index (χ3n) is 0.556. The molecule has 0 aliphatic carbocycles. The molecule has 1 aliphatic rings. The Morgan fingerprint density at radius 1 is 1.13 bits per heavy atom. The molecule has 0 saturated carbocycles. The quantitative estimate of drug-likeness (QED) is 0.284. The summed E-state index contributed by atoms with van der Waals surface area (Å²) in [4.78, 5) is 9.77. The molecular formula is C3H3F7NaO3P. The molecule has 0 bridgehead atoms. The van der Waals surface area contributed by atoms with E-state index in [1.807, 2.05) is 0 Å². The Morgan fingerprint density at radius 2 is 1.47 bits per heavy atom. The average molecular weight is 274 g/mol. The zero-order valence-corrected chi connectivity index (χ0v) is 10.00. The van der Waals surface area contributed by atoms with Gasteiger partial charge in [-0.3, -0.25) is 0 Å². The predicted molar refractivity (Wildman–Crippen MR) is 30.9 cm³/mol. The molecule has 3 nitrogen and oxygen atoms in total. The maximum Gasteiger partial charge on any atom is 1.00 e. The van der Waals surface area contributed by atoms with Gasteiger partial charge in [0.1, 0.15) is 0 Å². The van der Waals surface area contributed by atoms with E-state index in [0.29, 0.717) is 0 Å². The summed E-state index contributed by atoms with van der Waals surface area (Å²) in [6.07, 6.45) is -2.47. The second-order valence-corrected chi connectivity index (χ2v) is 3.96. The van der Waals surface area contributed by atoms with E-state index in [0.717, 1.165) is 0 Å². The van der Waals surface area contributed by atoms with Crippen molar-refractivity contribution >= 4 is 14.0 Å². The number of cyclic esters (lactones) is 2. The van der Waals surface area contributed by atoms with Crippen LogP contribution in [-0.4, -0.2) is 19.1 Å². The Kier molecular flexibility index (Phi) is 4.96. The maximum atomic E-state index is 11.6. The zero-order chi connectivity index (χ0) is 11.7. The minimum atomic E-state index is -10.7. The summed E-state index contributed by atoms with van der Waals surface area (Å²) in [5.74, 6) is 0. The maximum absolute atomic E-state index is 11.6. The van der Waals surface area contributed by atoms with E-state index >= 15 is 0 Å². The largest absolute Gasteiger partial charge is 1.00 e. The van der Waals surface area contributed by atoms with Crippen LogP contribution in [0.2, 0.25) is 0 Å². The number of ether oxygens (including phenoxy) is 2. The van der Waals surface area contributed by atoms with E-state index < -0.39 is 20.3 Å². The molecule has 0 spiro atoms. The van der Waals surface area contributed by atoms with Gasteiger partial charge in [-0.1, -0.05) is 0 Å². The molecule has 0 aromatic carbocycles. The molecule has 0 aromatic heterocycles. The van der Waals surface area contributed by atoms with Gasteiger partial charge in [-0.15, -0.1) is 0 Å². The standard InChI is InChI=1S/C3H3FO3.F6P.Na/c4-2-1-6-3(5)7-2;1-7(2,3,4,5)6;/h2H,1H2;;/q;-1;+1. The monoisotopic (exact) mass is 274 g/mol. The van der Waals surface area contributed by atoms with Crippen LogP contribution < -0.4 is 29.6 Å². The number of carbonyl (C=O) groups is 1. The Bertz CT molecular complexity index is 224. The molecule has 1 atom stereocenters. The summed E-state index contributed by atoms with van der Waals surface area (Å²) in [5.41, 5.74) is 0. The molecule has 1 rings (SSSR count). The molecule has 0 amide bonds. The summed E-state index contributed by atoms with van der Waals surface area (Å²) in [6, 6.07) is 0. The van der Waals surface area contributed by atoms with Crippen LogP contribution in [0.3, 0.4) is 0 Å². The third kappa shape index (κ3) is 25.0. The first-order chi connectivity index (χ1) is 5.74. The van der Waals surface area contributed by atoms with Crippen molar-refractivity contribution < 1.29 is 73.4 Å². The molecule has 1 heterocycles. The van der Waals surface area contributed by atoms with E-state index in [1.165, 1.54) is 0 Å². The van der Waals surface area contributed by atoms with Gasteiger partial charge in [0.25, 0.3) is 6.36 Å². The minimum absolute atomic E-state index is 0. The van der Waals surface area contributed by atoms with E-state index in [-0.39, 0.29) is 36.2 Å². The Labute approximate surface area is 100 Å². The first-order valence-corrected chi connectivity index (χ1v) is 4.81. The van der Waals surface area contributed by atoms with Gasteiger partial charge in [0.15, 0.2) is 6.61 Å². The van der Waals surface area contributed by atoms with Crippen molar-refractivity contribution in [1.29, 1.82) is 0 Å². The third-order valence-corrected chi connectivity index (χ3v) is 0.556. The number of carbonyl (C=O) groups excluding carboxylic acids is 1. The molecule has 1 aliphatic heterocycles. The van der Waals surface area contributed by atoms with Crippen LogP contribution in [0, 0.1) is 0 Å². The van der Waals surface area contributed by atoms with Crippen LogP contribution in [0.4, 0.5) is 34.4 Å². The second-order valence-electron chi connectivity index (χ2n) is 2.05. The predicted octanol–water partition coefficient (Wildman–Crippen LogP) is 0.835. The Balaban J connectivity index is 0. The van der Waals surface area contributed by atoms with Crippen LogP contribution >= 0.6 is 7.81 Å². The fourth-order valence-electron chi connectivity index (χ4n) is 0.306. The van der Waals surface area contributed by atoms with Gasteiger partial charge in [-0.05, 0) is 0 Å². The van der Waals surface area contributed by atoms with Gasteiger partial charge < -0.3 is 9.47 Å². The topological polar surface area (TPSA) is 35.5 Å². The number of rotatable bonds is 0. The summed E-state index contributed by atoms with van der Waals surface area (Å²) in [6.45, 7) is -0.265. The van der Waals surface area contributed by atoms with Gasteiger partial charge in [0.05, 0.1) is 0 Å². The van der Waals surface area contributed by atoms with Crippen molar-refractivity contribution in [3.63, 3.8) is 0 Å². The van der Waals surface area contributed by atoms with E-state index in [4.69, 9.17) is 0 Å². The summed E-state index contributed by atoms with van der Waals surface area (Å²) >= 11 is 0. The second kappa shape index (κ2) is 4.23. The van der Waals surface area contributed by atoms with E-state index in [2.05, 4.69) is 9.47 Å². The van der Waals surface area contributed by atoms with Crippen LogP contribution in [-0.2, 0) is 9.47 Å². The summed E-state index contributed by atoms with van der Waals surface area (Å²) < 4.78 is 78.7.